The Kier molecular flexibility index (Phi) is 13.6. The largest absolute Gasteiger partial charge is 1.00 e. The first-order valence-corrected chi connectivity index (χ1v) is 20.7. The first-order chi connectivity index (χ1) is 27.7. The number of carbonyl (C=O) groups is 5. The Hall–Kier alpha value is -4.38. The van der Waals surface area contributed by atoms with Crippen LogP contribution in [-0.2, 0) is 31.1 Å². The second-order valence-electron chi connectivity index (χ2n) is 15.9. The maximum atomic E-state index is 13.6. The number of nitrogen functional groups attached to an aromatic ring is 1. The number of thioether (sulfide) groups is 1. The van der Waals surface area contributed by atoms with Crippen LogP contribution in [0, 0.1) is 5.41 Å². The van der Waals surface area contributed by atoms with Gasteiger partial charge in [-0.2, -0.15) is 0 Å². The number of aromatic hydroxyl groups is 2. The van der Waals surface area contributed by atoms with E-state index in [9.17, 15) is 49.2 Å². The van der Waals surface area contributed by atoms with E-state index in [0.29, 0.717) is 62.0 Å². The molecule has 0 unspecified atom stereocenters. The number of nitrogens with two attached hydrogens (primary N) is 1. The van der Waals surface area contributed by atoms with E-state index in [1.54, 1.807) is 7.05 Å². The molecule has 0 radical (unpaired) electrons. The van der Waals surface area contributed by atoms with E-state index in [1.807, 2.05) is 6.92 Å². The topological polar surface area (TPSA) is 282 Å². The van der Waals surface area contributed by atoms with Gasteiger partial charge < -0.3 is 60.3 Å². The number of pyridine rings is 1. The van der Waals surface area contributed by atoms with Gasteiger partial charge in [0, 0.05) is 66.7 Å². The number of hydrogen-bond acceptors (Lipinski definition) is 16. The number of aliphatic carboxylic acids is 2. The van der Waals surface area contributed by atoms with Gasteiger partial charge in [0.05, 0.1) is 53.2 Å². The van der Waals surface area contributed by atoms with Gasteiger partial charge in [0.1, 0.15) is 29.2 Å². The van der Waals surface area contributed by atoms with E-state index in [2.05, 4.69) is 20.8 Å². The number of nitrogens with zero attached hydrogens (tertiary/aromatic N) is 5. The minimum absolute atomic E-state index is 0. The normalized spacial score (nSPS) is 24.5. The molecular weight excluding hydrogens is 867 g/mol. The zero-order valence-electron chi connectivity index (χ0n) is 33.2. The van der Waals surface area contributed by atoms with Crippen molar-refractivity contribution in [3.8, 4) is 11.5 Å². The van der Waals surface area contributed by atoms with E-state index in [4.69, 9.17) is 22.2 Å². The van der Waals surface area contributed by atoms with Gasteiger partial charge in [-0.3, -0.25) is 24.1 Å². The zero-order valence-corrected chi connectivity index (χ0v) is 37.6. The zero-order chi connectivity index (χ0) is 42.9. The minimum Gasteiger partial charge on any atom is -0.546 e. The predicted molar refractivity (Wildman–Crippen MR) is 217 cm³/mol. The summed E-state index contributed by atoms with van der Waals surface area (Å²) < 4.78 is 2.04. The van der Waals surface area contributed by atoms with E-state index >= 15 is 0 Å². The van der Waals surface area contributed by atoms with Crippen LogP contribution >= 0.6 is 34.7 Å². The summed E-state index contributed by atoms with van der Waals surface area (Å²) in [6.07, 6.45) is 3.47. The van der Waals surface area contributed by atoms with Crippen molar-refractivity contribution in [3.63, 3.8) is 0 Å². The summed E-state index contributed by atoms with van der Waals surface area (Å²) in [7, 11) is 1.58. The van der Waals surface area contributed by atoms with Crippen LogP contribution in [0.5, 0.6) is 11.5 Å². The molecule has 4 saturated heterocycles. The number of benzene rings is 1. The standard InChI is InChI=1S/C37H41ClN8O11S2.CH4.Na/c1-16-18(26(33(53)54)45-31(52)25(32(45)59-16)42-30(51)24(19-14-58-35(39)41-19)43-57-36(2,3)34(55)56)13-46-8-5-37(6-9-46,7-10-46)15-40-29(50)17-12-44(4)20-11-21(47)28(49)23(38)22(20)27(17)48;;/h11-12,14,16,25,32H,5-10,13,15H2,1-4H3,(H7-,39,40,41,42,43,47,48,49,50,51,53,54,55,56);1H4;/q;;+1/p-1/t16-,25+,32+,37?,46?;;/m0../s1. The Bertz CT molecular complexity index is 2450. The molecule has 322 valence electrons. The van der Waals surface area contributed by atoms with Crippen LogP contribution in [0.15, 0.2) is 38.9 Å². The van der Waals surface area contributed by atoms with Gasteiger partial charge in [-0.05, 0) is 20.8 Å². The molecule has 1 aromatic carbocycles. The Labute approximate surface area is 384 Å². The van der Waals surface area contributed by atoms with Crippen LogP contribution in [-0.4, -0.2) is 120 Å². The van der Waals surface area contributed by atoms with E-state index < -0.39 is 69.3 Å². The molecule has 0 saturated carbocycles. The molecule has 7 heterocycles. The summed E-state index contributed by atoms with van der Waals surface area (Å²) in [6, 6.07) is 0.0304. The van der Waals surface area contributed by atoms with E-state index in [1.165, 1.54) is 47.8 Å². The predicted octanol–water partition coefficient (Wildman–Crippen LogP) is -3.25. The number of carbonyl (C=O) groups excluding carboxylic acids is 5. The fraction of sp³-hybridized carbons (Fsp3) is 0.474. The number of rotatable bonds is 12. The third kappa shape index (κ3) is 8.57. The summed E-state index contributed by atoms with van der Waals surface area (Å²) in [5.41, 5.74) is 2.77. The van der Waals surface area contributed by atoms with Crippen LogP contribution < -0.4 is 61.6 Å². The van der Waals surface area contributed by atoms with Crippen molar-refractivity contribution in [1.82, 2.24) is 25.1 Å². The average Bonchev–Trinajstić information content (AvgIpc) is 3.62. The van der Waals surface area contributed by atoms with Gasteiger partial charge in [-0.25, -0.2) is 4.98 Å². The summed E-state index contributed by atoms with van der Waals surface area (Å²) >= 11 is 8.50. The molecule has 19 nitrogen and oxygen atoms in total. The Morgan fingerprint density at radius 1 is 1.16 bits per heavy atom. The Morgan fingerprint density at radius 3 is 2.38 bits per heavy atom. The van der Waals surface area contributed by atoms with Gasteiger partial charge in [0.2, 0.25) is 5.43 Å². The molecule has 3 amide bonds. The molecule has 2 bridgehead atoms. The number of oxime groups is 1. The van der Waals surface area contributed by atoms with Crippen LogP contribution in [0.25, 0.3) is 10.9 Å². The molecule has 4 fully saturated rings. The number of hydrogen-bond donors (Lipinski definition) is 5. The fourth-order valence-corrected chi connectivity index (χ4v) is 10.4. The molecule has 5 aliphatic heterocycles. The number of carboxylic acid groups (broad SMARTS) is 2. The molecule has 8 rings (SSSR count). The Balaban J connectivity index is 0.00000352. The van der Waals surface area contributed by atoms with E-state index in [0.717, 1.165) is 16.2 Å². The third-order valence-corrected chi connectivity index (χ3v) is 14.3. The fourth-order valence-electron chi connectivity index (χ4n) is 8.14. The van der Waals surface area contributed by atoms with Crippen molar-refractivity contribution < 1.29 is 83.3 Å². The first-order valence-electron chi connectivity index (χ1n) is 18.5. The minimum atomic E-state index is -1.92. The molecule has 6 N–H and O–H groups in total. The molecule has 3 aromatic rings. The number of nitrogens with one attached hydrogen (secondary N) is 2. The monoisotopic (exact) mass is 910 g/mol. The van der Waals surface area contributed by atoms with Gasteiger partial charge >= 0.3 is 29.6 Å². The van der Waals surface area contributed by atoms with Gasteiger partial charge in [0.25, 0.3) is 17.7 Å². The molecular formula is C38H44ClN8NaO11S2. The summed E-state index contributed by atoms with van der Waals surface area (Å²) in [4.78, 5) is 88.4. The molecule has 0 aliphatic carbocycles. The number of piperidine rings is 3. The maximum absolute atomic E-state index is 13.6. The summed E-state index contributed by atoms with van der Waals surface area (Å²) in [5, 5.41) is 53.4. The molecule has 61 heavy (non-hydrogen) atoms. The Morgan fingerprint density at radius 2 is 1.80 bits per heavy atom. The van der Waals surface area contributed by atoms with E-state index in [-0.39, 0.29) is 85.7 Å². The number of phenolic OH excluding ortho intramolecular Hbond substituents is 2. The number of carboxylic acids is 2. The van der Waals surface area contributed by atoms with Crippen LogP contribution in [0.2, 0.25) is 5.02 Å². The number of phenols is 2. The van der Waals surface area contributed by atoms with Crippen molar-refractivity contribution in [1.29, 1.82) is 0 Å². The number of aryl methyl sites for hydroxylation is 1. The van der Waals surface area contributed by atoms with Crippen molar-refractivity contribution in [2.75, 3.05) is 38.5 Å². The molecule has 2 aromatic heterocycles. The molecule has 5 aliphatic rings. The quantitative estimate of drug-likeness (QED) is 0.0298. The number of β-lactam (4-membered cyclic amide) rings is 1. The number of fused-ring (bicyclic) bond motifs is 5. The number of amides is 3. The van der Waals surface area contributed by atoms with Gasteiger partial charge in [-0.15, -0.1) is 23.1 Å². The number of aromatic nitrogens is 2. The molecule has 23 heteroatoms. The van der Waals surface area contributed by atoms with Crippen LogP contribution in [0.1, 0.15) is 63.5 Å². The average molecular weight is 911 g/mol. The smallest absolute Gasteiger partial charge is 0.546 e. The summed E-state index contributed by atoms with van der Waals surface area (Å²) in [5.74, 6) is -6.48. The number of quaternary nitrogens is 1. The van der Waals surface area contributed by atoms with Crippen molar-refractivity contribution in [2.45, 2.75) is 69.7 Å². The van der Waals surface area contributed by atoms with Crippen molar-refractivity contribution in [3.05, 3.63) is 55.4 Å². The SMILES string of the molecule is C.C[C@@H]1S[C@@H]2[C@H](NC(=O)/C(=N\OC(C)(C)C(=O)[O-])c3csc(N)n3)C(=O)N2C(C(=O)[O-])=C1C[N+]12CCC(CNC(=O)c3cn(C)c4cc(O)c(O)c(Cl)c4c3=O)(CC1)CC2.[Na+]. The van der Waals surface area contributed by atoms with Crippen molar-refractivity contribution in [2.24, 2.45) is 17.6 Å². The maximum Gasteiger partial charge on any atom is 1.00 e. The molecule has 0 spiro atoms. The van der Waals surface area contributed by atoms with Gasteiger partial charge in [0.15, 0.2) is 27.9 Å². The van der Waals surface area contributed by atoms with Crippen LogP contribution in [0.4, 0.5) is 5.13 Å². The first kappa shape index (κ1) is 47.7. The second-order valence-corrected chi connectivity index (χ2v) is 18.7. The number of anilines is 1. The second kappa shape index (κ2) is 17.4. The van der Waals surface area contributed by atoms with Crippen LogP contribution in [0.3, 0.4) is 0 Å². The van der Waals surface area contributed by atoms with Crippen molar-refractivity contribution >= 4 is 86.1 Å². The summed E-state index contributed by atoms with van der Waals surface area (Å²) in [6.45, 7) is 6.83. The third-order valence-electron chi connectivity index (χ3n) is 11.8. The van der Waals surface area contributed by atoms with Gasteiger partial charge in [-0.1, -0.05) is 24.2 Å². The number of thiazole rings is 1. The number of halogens is 1. The molecule has 3 atom stereocenters.